The molecule has 0 saturated carbocycles. The minimum Gasteiger partial charge on any atom is -0.353 e. The van der Waals surface area contributed by atoms with Crippen molar-refractivity contribution in [1.82, 2.24) is 10.2 Å². The van der Waals surface area contributed by atoms with E-state index in [1.54, 1.807) is 18.3 Å². The number of nitrogens with zero attached hydrogens (tertiary/aromatic N) is 1. The number of carbonyl (C=O) groups excluding carboxylic acids is 1. The lowest BCUT2D eigenvalue weighted by Crippen LogP contribution is -2.40. The van der Waals surface area contributed by atoms with Crippen molar-refractivity contribution < 1.29 is 13.2 Å². The summed E-state index contributed by atoms with van der Waals surface area (Å²) in [5.41, 5.74) is 1.16. The molecule has 0 spiro atoms. The highest BCUT2D eigenvalue weighted by atomic mass is 32.2. The first kappa shape index (κ1) is 19.1. The van der Waals surface area contributed by atoms with E-state index in [4.69, 9.17) is 0 Å². The van der Waals surface area contributed by atoms with Gasteiger partial charge in [0.15, 0.2) is 9.84 Å². The topological polar surface area (TPSA) is 66.5 Å². The Morgan fingerprint density at radius 2 is 2.00 bits per heavy atom. The van der Waals surface area contributed by atoms with E-state index in [1.165, 1.54) is 0 Å². The van der Waals surface area contributed by atoms with E-state index in [1.807, 2.05) is 11.4 Å². The molecule has 1 aromatic rings. The molecule has 0 aliphatic carbocycles. The first-order valence-corrected chi connectivity index (χ1v) is 10.4. The Bertz CT molecular complexity index is 537. The minimum absolute atomic E-state index is 0.0599. The second-order valence-electron chi connectivity index (χ2n) is 5.19. The van der Waals surface area contributed by atoms with Crippen molar-refractivity contribution in [3.05, 3.63) is 22.4 Å². The largest absolute Gasteiger partial charge is 0.353 e. The second kappa shape index (κ2) is 9.27. The third-order valence-electron chi connectivity index (χ3n) is 3.54. The van der Waals surface area contributed by atoms with Crippen LogP contribution >= 0.6 is 11.3 Å². The monoisotopic (exact) mass is 346 g/mol. The number of sulfone groups is 1. The van der Waals surface area contributed by atoms with Crippen LogP contribution in [0.3, 0.4) is 0 Å². The molecular formula is C15H26N2O3S2. The Morgan fingerprint density at radius 1 is 1.32 bits per heavy atom. The van der Waals surface area contributed by atoms with Crippen LogP contribution in [0.2, 0.25) is 0 Å². The number of hydrogen-bond acceptors (Lipinski definition) is 5. The van der Waals surface area contributed by atoms with Gasteiger partial charge in [-0.2, -0.15) is 11.3 Å². The van der Waals surface area contributed by atoms with Crippen LogP contribution < -0.4 is 5.32 Å². The quantitative estimate of drug-likeness (QED) is 0.704. The Morgan fingerprint density at radius 3 is 2.50 bits per heavy atom. The van der Waals surface area contributed by atoms with Gasteiger partial charge in [0.25, 0.3) is 0 Å². The van der Waals surface area contributed by atoms with Crippen LogP contribution in [0.4, 0.5) is 0 Å². The van der Waals surface area contributed by atoms with Crippen LogP contribution in [-0.4, -0.2) is 50.4 Å². The molecule has 7 heteroatoms. The molecule has 5 nitrogen and oxygen atoms in total. The van der Waals surface area contributed by atoms with Gasteiger partial charge in [-0.25, -0.2) is 8.42 Å². The predicted octanol–water partition coefficient (Wildman–Crippen LogP) is 2.07. The van der Waals surface area contributed by atoms with Crippen LogP contribution in [0.15, 0.2) is 16.8 Å². The molecule has 1 amide bonds. The molecule has 0 aliphatic rings. The van der Waals surface area contributed by atoms with Crippen molar-refractivity contribution in [1.29, 1.82) is 0 Å². The molecule has 22 heavy (non-hydrogen) atoms. The zero-order chi connectivity index (χ0) is 16.6. The molecule has 1 rings (SSSR count). The van der Waals surface area contributed by atoms with Crippen molar-refractivity contribution in [3.8, 4) is 0 Å². The normalized spacial score (nSPS) is 13.3. The molecule has 1 N–H and O–H groups in total. The van der Waals surface area contributed by atoms with Gasteiger partial charge < -0.3 is 5.32 Å². The third-order valence-corrected chi connectivity index (χ3v) is 5.97. The number of nitrogens with one attached hydrogen (secondary N) is 1. The lowest BCUT2D eigenvalue weighted by Gasteiger charge is -2.29. The fraction of sp³-hybridized carbons (Fsp3) is 0.667. The summed E-state index contributed by atoms with van der Waals surface area (Å²) in [5.74, 6) is -0.777. The summed E-state index contributed by atoms with van der Waals surface area (Å²) in [6.45, 7) is 8.14. The second-order valence-corrected chi connectivity index (χ2v) is 8.15. The summed E-state index contributed by atoms with van der Waals surface area (Å²) >= 11 is 1.62. The molecule has 0 aliphatic heterocycles. The van der Waals surface area contributed by atoms with Gasteiger partial charge in [0.1, 0.15) is 5.75 Å². The van der Waals surface area contributed by atoms with Crippen LogP contribution in [0, 0.1) is 0 Å². The molecular weight excluding hydrogens is 320 g/mol. The van der Waals surface area contributed by atoms with E-state index in [2.05, 4.69) is 29.4 Å². The maximum Gasteiger partial charge on any atom is 0.235 e. The predicted molar refractivity (Wildman–Crippen MR) is 91.9 cm³/mol. The van der Waals surface area contributed by atoms with E-state index in [9.17, 15) is 13.2 Å². The molecule has 0 radical (unpaired) electrons. The van der Waals surface area contributed by atoms with Crippen molar-refractivity contribution in [2.45, 2.75) is 33.2 Å². The fourth-order valence-corrected chi connectivity index (χ4v) is 4.41. The van der Waals surface area contributed by atoms with Gasteiger partial charge in [-0.05, 0) is 41.9 Å². The standard InChI is InChI=1S/C15H26N2O3S2/c1-4-9-22(19,20)12-15(18)16-10-14(17(5-2)6-3)13-7-8-21-11-13/h7-8,11,14H,4-6,9-10,12H2,1-3H3,(H,16,18). The van der Waals surface area contributed by atoms with Crippen LogP contribution in [0.1, 0.15) is 38.8 Å². The Hall–Kier alpha value is -0.920. The number of carbonyl (C=O) groups is 1. The highest BCUT2D eigenvalue weighted by Crippen LogP contribution is 2.22. The zero-order valence-electron chi connectivity index (χ0n) is 13.5. The van der Waals surface area contributed by atoms with Crippen LogP contribution in [-0.2, 0) is 14.6 Å². The van der Waals surface area contributed by atoms with Gasteiger partial charge in [-0.15, -0.1) is 0 Å². The summed E-state index contributed by atoms with van der Waals surface area (Å²) in [7, 11) is -3.29. The molecule has 1 atom stereocenters. The molecule has 1 heterocycles. The van der Waals surface area contributed by atoms with Gasteiger partial charge >= 0.3 is 0 Å². The maximum absolute atomic E-state index is 11.9. The average Bonchev–Trinajstić information content (AvgIpc) is 2.96. The molecule has 1 unspecified atom stereocenters. The lowest BCUT2D eigenvalue weighted by atomic mass is 10.1. The average molecular weight is 347 g/mol. The summed E-state index contributed by atoms with van der Waals surface area (Å²) in [5, 5.41) is 6.87. The van der Waals surface area contributed by atoms with Gasteiger partial charge in [0.05, 0.1) is 11.8 Å². The highest BCUT2D eigenvalue weighted by molar-refractivity contribution is 7.92. The van der Waals surface area contributed by atoms with E-state index in [0.29, 0.717) is 13.0 Å². The van der Waals surface area contributed by atoms with E-state index in [0.717, 1.165) is 18.7 Å². The third kappa shape index (κ3) is 6.06. The number of amides is 1. The molecule has 0 aromatic carbocycles. The fourth-order valence-electron chi connectivity index (χ4n) is 2.43. The number of rotatable bonds is 10. The van der Waals surface area contributed by atoms with Crippen molar-refractivity contribution in [2.75, 3.05) is 31.1 Å². The summed E-state index contributed by atoms with van der Waals surface area (Å²) in [6.07, 6.45) is 0.534. The summed E-state index contributed by atoms with van der Waals surface area (Å²) < 4.78 is 23.4. The smallest absolute Gasteiger partial charge is 0.235 e. The van der Waals surface area contributed by atoms with E-state index in [-0.39, 0.29) is 11.8 Å². The Labute approximate surface area is 137 Å². The van der Waals surface area contributed by atoms with Gasteiger partial charge in [0, 0.05) is 6.54 Å². The SMILES string of the molecule is CCCS(=O)(=O)CC(=O)NCC(c1ccsc1)N(CC)CC. The minimum atomic E-state index is -3.29. The lowest BCUT2D eigenvalue weighted by molar-refractivity contribution is -0.118. The first-order valence-electron chi connectivity index (χ1n) is 7.66. The van der Waals surface area contributed by atoms with Crippen molar-refractivity contribution in [2.24, 2.45) is 0 Å². The number of thiophene rings is 1. The summed E-state index contributed by atoms with van der Waals surface area (Å²) in [4.78, 5) is 14.2. The van der Waals surface area contributed by atoms with Gasteiger partial charge in [-0.3, -0.25) is 9.69 Å². The van der Waals surface area contributed by atoms with Crippen LogP contribution in [0.5, 0.6) is 0 Å². The number of hydrogen-bond donors (Lipinski definition) is 1. The van der Waals surface area contributed by atoms with Crippen LogP contribution in [0.25, 0.3) is 0 Å². The van der Waals surface area contributed by atoms with E-state index >= 15 is 0 Å². The zero-order valence-corrected chi connectivity index (χ0v) is 15.2. The Balaban J connectivity index is 2.66. The summed E-state index contributed by atoms with van der Waals surface area (Å²) in [6, 6.07) is 2.13. The molecule has 0 bridgehead atoms. The van der Waals surface area contributed by atoms with Crippen molar-refractivity contribution >= 4 is 27.1 Å². The molecule has 0 fully saturated rings. The Kier molecular flexibility index (Phi) is 8.06. The molecule has 126 valence electrons. The maximum atomic E-state index is 11.9. The van der Waals surface area contributed by atoms with Gasteiger partial charge in [-0.1, -0.05) is 20.8 Å². The van der Waals surface area contributed by atoms with E-state index < -0.39 is 21.5 Å². The molecule has 0 saturated heterocycles. The van der Waals surface area contributed by atoms with Gasteiger partial charge in [0.2, 0.25) is 5.91 Å². The highest BCUT2D eigenvalue weighted by Gasteiger charge is 2.21. The first-order chi connectivity index (χ1) is 10.4. The molecule has 1 aromatic heterocycles. The van der Waals surface area contributed by atoms with Crippen molar-refractivity contribution in [3.63, 3.8) is 0 Å². The number of likely N-dealkylation sites (N-methyl/N-ethyl adjacent to an activating group) is 1.